The Morgan fingerprint density at radius 1 is 0.930 bits per heavy atom. The van der Waals surface area contributed by atoms with Crippen LogP contribution in [0.3, 0.4) is 0 Å². The standard InChI is InChI=1S/C42H47ClN8O6/c43-35-22-32(6-1-27(35)23-44)57-31-7-3-29(4-8-31)46-39(53)28-2-11-37(45-24-28)50-15-13-26(14-16-50)25-48-17-19-49(20-18-48)30-5-9-33-34(21-30)42(56)51(41(33)55)36-10-12-38(52)47-40(36)54/h1-2,5-6,9,11,21-22,24,26,29,31,36,42,56H,3-4,7-8,10,12-20,25H2,(H,46,53)(H,47,52,54)/t29-,31-,36?,42?. The number of carbonyl (C=O) groups is 4. The highest BCUT2D eigenvalue weighted by Crippen LogP contribution is 2.38. The van der Waals surface area contributed by atoms with E-state index in [1.54, 1.807) is 30.5 Å². The average Bonchev–Trinajstić information content (AvgIpc) is 3.47. The van der Waals surface area contributed by atoms with Gasteiger partial charge in [0.25, 0.3) is 11.8 Å². The summed E-state index contributed by atoms with van der Waals surface area (Å²) in [5, 5.41) is 26.0. The number of amides is 4. The minimum atomic E-state index is -1.23. The number of nitrogens with zero attached hydrogens (tertiary/aromatic N) is 6. The van der Waals surface area contributed by atoms with Crippen molar-refractivity contribution in [3.63, 3.8) is 0 Å². The summed E-state index contributed by atoms with van der Waals surface area (Å²) in [6.07, 6.45) is 6.19. The number of hydrogen-bond acceptors (Lipinski definition) is 11. The fraction of sp³-hybridized carbons (Fsp3) is 0.476. The van der Waals surface area contributed by atoms with Gasteiger partial charge in [-0.1, -0.05) is 11.6 Å². The molecule has 2 atom stereocenters. The Morgan fingerprint density at radius 3 is 2.39 bits per heavy atom. The van der Waals surface area contributed by atoms with Crippen LogP contribution >= 0.6 is 11.6 Å². The van der Waals surface area contributed by atoms with Gasteiger partial charge in [0.1, 0.15) is 23.7 Å². The number of anilines is 2. The van der Waals surface area contributed by atoms with Crippen molar-refractivity contribution in [1.29, 1.82) is 5.26 Å². The second-order valence-corrected chi connectivity index (χ2v) is 16.2. The van der Waals surface area contributed by atoms with Crippen LogP contribution in [0.4, 0.5) is 11.5 Å². The molecule has 3 saturated heterocycles. The normalized spacial score (nSPS) is 24.5. The summed E-state index contributed by atoms with van der Waals surface area (Å²) in [4.78, 5) is 63.3. The van der Waals surface area contributed by atoms with Crippen LogP contribution in [-0.4, -0.2) is 108 Å². The van der Waals surface area contributed by atoms with Crippen molar-refractivity contribution in [3.8, 4) is 11.8 Å². The zero-order valence-corrected chi connectivity index (χ0v) is 32.5. The number of carbonyl (C=O) groups excluding carboxylic acids is 4. The molecule has 15 heteroatoms. The topological polar surface area (TPSA) is 171 Å². The van der Waals surface area contributed by atoms with E-state index in [0.29, 0.717) is 38.9 Å². The van der Waals surface area contributed by atoms with Crippen molar-refractivity contribution in [2.45, 2.75) is 75.8 Å². The Kier molecular flexibility index (Phi) is 11.3. The number of hydrogen-bond donors (Lipinski definition) is 3. The summed E-state index contributed by atoms with van der Waals surface area (Å²) in [6, 6.07) is 15.7. The van der Waals surface area contributed by atoms with Crippen LogP contribution in [0.15, 0.2) is 54.7 Å². The van der Waals surface area contributed by atoms with Crippen LogP contribution < -0.4 is 25.2 Å². The van der Waals surface area contributed by atoms with Crippen molar-refractivity contribution in [2.24, 2.45) is 5.92 Å². The molecule has 0 bridgehead atoms. The Bertz CT molecular complexity index is 2050. The van der Waals surface area contributed by atoms with Gasteiger partial charge in [-0.25, -0.2) is 4.98 Å². The van der Waals surface area contributed by atoms with E-state index < -0.39 is 24.1 Å². The van der Waals surface area contributed by atoms with Crippen molar-refractivity contribution < 1.29 is 29.0 Å². The van der Waals surface area contributed by atoms with Gasteiger partial charge in [-0.05, 0) is 93.3 Å². The maximum atomic E-state index is 13.2. The largest absolute Gasteiger partial charge is 0.490 e. The first kappa shape index (κ1) is 38.6. The monoisotopic (exact) mass is 794 g/mol. The predicted molar refractivity (Wildman–Crippen MR) is 212 cm³/mol. The molecule has 3 aromatic rings. The first-order chi connectivity index (χ1) is 27.6. The summed E-state index contributed by atoms with van der Waals surface area (Å²) >= 11 is 6.15. The number of ether oxygens (including phenoxy) is 1. The molecule has 1 aromatic heterocycles. The zero-order chi connectivity index (χ0) is 39.6. The highest BCUT2D eigenvalue weighted by molar-refractivity contribution is 6.31. The molecule has 4 aliphatic heterocycles. The predicted octanol–water partition coefficient (Wildman–Crippen LogP) is 4.02. The van der Waals surface area contributed by atoms with Crippen molar-refractivity contribution in [3.05, 3.63) is 82.0 Å². The SMILES string of the molecule is N#Cc1ccc(O[C@H]2CC[C@H](NC(=O)c3ccc(N4CCC(CN5CCN(c6ccc7c(c6)C(O)N(C6CCC(=O)NC6=O)C7=O)CC5)CC4)nc3)CC2)cc1Cl. The van der Waals surface area contributed by atoms with E-state index in [1.165, 1.54) is 4.90 Å². The molecule has 14 nitrogen and oxygen atoms in total. The summed E-state index contributed by atoms with van der Waals surface area (Å²) in [5.74, 6) is 0.704. The van der Waals surface area contributed by atoms with Crippen LogP contribution in [0, 0.1) is 17.2 Å². The van der Waals surface area contributed by atoms with E-state index in [1.807, 2.05) is 24.3 Å². The molecule has 2 unspecified atom stereocenters. The number of nitrogens with one attached hydrogen (secondary N) is 2. The van der Waals surface area contributed by atoms with E-state index in [9.17, 15) is 24.3 Å². The third kappa shape index (κ3) is 8.42. The highest BCUT2D eigenvalue weighted by Gasteiger charge is 2.44. The number of nitriles is 1. The molecule has 8 rings (SSSR count). The van der Waals surface area contributed by atoms with Gasteiger partial charge in [0.2, 0.25) is 11.8 Å². The van der Waals surface area contributed by atoms with Gasteiger partial charge in [-0.3, -0.25) is 34.3 Å². The van der Waals surface area contributed by atoms with Crippen molar-refractivity contribution in [1.82, 2.24) is 25.4 Å². The lowest BCUT2D eigenvalue weighted by Gasteiger charge is -2.40. The Balaban J connectivity index is 0.752. The molecule has 0 radical (unpaired) electrons. The number of piperidine rings is 2. The van der Waals surface area contributed by atoms with Gasteiger partial charge < -0.3 is 25.0 Å². The first-order valence-electron chi connectivity index (χ1n) is 20.0. The molecule has 1 aliphatic carbocycles. The average molecular weight is 795 g/mol. The van der Waals surface area contributed by atoms with E-state index in [4.69, 9.17) is 21.6 Å². The molecule has 298 valence electrons. The number of benzene rings is 2. The van der Waals surface area contributed by atoms with Crippen LogP contribution in [0.1, 0.15) is 89.4 Å². The molecule has 3 N–H and O–H groups in total. The van der Waals surface area contributed by atoms with Crippen LogP contribution in [0.5, 0.6) is 5.75 Å². The van der Waals surface area contributed by atoms with Crippen LogP contribution in [-0.2, 0) is 9.59 Å². The first-order valence-corrected chi connectivity index (χ1v) is 20.3. The number of rotatable bonds is 9. The summed E-state index contributed by atoms with van der Waals surface area (Å²) in [6.45, 7) is 6.33. The molecule has 1 saturated carbocycles. The number of pyridine rings is 1. The highest BCUT2D eigenvalue weighted by atomic mass is 35.5. The van der Waals surface area contributed by atoms with Gasteiger partial charge in [0.05, 0.1) is 22.3 Å². The number of aliphatic hydroxyl groups is 1. The van der Waals surface area contributed by atoms with Gasteiger partial charge >= 0.3 is 0 Å². The lowest BCUT2D eigenvalue weighted by atomic mass is 9.92. The molecule has 57 heavy (non-hydrogen) atoms. The third-order valence-corrected chi connectivity index (χ3v) is 12.5. The number of aromatic nitrogens is 1. The maximum absolute atomic E-state index is 13.2. The van der Waals surface area contributed by atoms with Gasteiger partial charge in [-0.15, -0.1) is 0 Å². The van der Waals surface area contributed by atoms with E-state index in [2.05, 4.69) is 36.4 Å². The summed E-state index contributed by atoms with van der Waals surface area (Å²) < 4.78 is 6.09. The van der Waals surface area contributed by atoms with E-state index in [-0.39, 0.29) is 36.8 Å². The Hall–Kier alpha value is -5.23. The molecular weight excluding hydrogens is 748 g/mol. The van der Waals surface area contributed by atoms with Crippen LogP contribution in [0.2, 0.25) is 5.02 Å². The quantitative estimate of drug-likeness (QED) is 0.268. The molecule has 5 heterocycles. The second-order valence-electron chi connectivity index (χ2n) is 15.8. The smallest absolute Gasteiger partial charge is 0.257 e. The lowest BCUT2D eigenvalue weighted by Crippen LogP contribution is -2.53. The second kappa shape index (κ2) is 16.7. The molecule has 0 spiro atoms. The number of halogens is 1. The van der Waals surface area contributed by atoms with Crippen LogP contribution in [0.25, 0.3) is 0 Å². The molecule has 4 amide bonds. The Labute approximate surface area is 336 Å². The molecule has 5 aliphatic rings. The summed E-state index contributed by atoms with van der Waals surface area (Å²) in [7, 11) is 0. The number of fused-ring (bicyclic) bond motifs is 1. The fourth-order valence-electron chi connectivity index (χ4n) is 8.87. The van der Waals surface area contributed by atoms with Crippen molar-refractivity contribution in [2.75, 3.05) is 55.6 Å². The minimum Gasteiger partial charge on any atom is -0.490 e. The maximum Gasteiger partial charge on any atom is 0.257 e. The lowest BCUT2D eigenvalue weighted by molar-refractivity contribution is -0.139. The van der Waals surface area contributed by atoms with Crippen molar-refractivity contribution >= 4 is 46.7 Å². The van der Waals surface area contributed by atoms with Gasteiger partial charge in [-0.2, -0.15) is 5.26 Å². The number of imide groups is 1. The third-order valence-electron chi connectivity index (χ3n) is 12.2. The molecule has 4 fully saturated rings. The minimum absolute atomic E-state index is 0.0363. The van der Waals surface area contributed by atoms with Gasteiger partial charge in [0.15, 0.2) is 6.23 Å². The Morgan fingerprint density at radius 2 is 1.70 bits per heavy atom. The fourth-order valence-corrected chi connectivity index (χ4v) is 9.08. The number of aliphatic hydroxyl groups excluding tert-OH is 1. The molecular formula is C42H47ClN8O6. The van der Waals surface area contributed by atoms with E-state index in [0.717, 1.165) is 95.8 Å². The molecule has 2 aromatic carbocycles. The van der Waals surface area contributed by atoms with E-state index >= 15 is 0 Å². The summed E-state index contributed by atoms with van der Waals surface area (Å²) in [5.41, 5.74) is 2.80. The van der Waals surface area contributed by atoms with Gasteiger partial charge in [0, 0.05) is 87.4 Å². The zero-order valence-electron chi connectivity index (χ0n) is 31.7. The number of piperazine rings is 1.